The van der Waals surface area contributed by atoms with E-state index in [-0.39, 0.29) is 23.9 Å². The van der Waals surface area contributed by atoms with E-state index in [1.165, 1.54) is 12.1 Å². The Morgan fingerprint density at radius 1 is 1.18 bits per heavy atom. The fraction of sp³-hybridized carbons (Fsp3) is 0.364. The number of carbonyl (C=O) groups is 2. The molecule has 1 aliphatic rings. The largest absolute Gasteiger partial charge is 0.348 e. The Bertz CT molecular complexity index is 848. The fourth-order valence-electron chi connectivity index (χ4n) is 3.56. The molecule has 0 radical (unpaired) electrons. The molecule has 1 heterocycles. The van der Waals surface area contributed by atoms with Gasteiger partial charge in [0.05, 0.1) is 6.04 Å². The zero-order chi connectivity index (χ0) is 20.3. The molecule has 2 aromatic rings. The average Bonchev–Trinajstić information content (AvgIpc) is 2.64. The first-order valence-electron chi connectivity index (χ1n) is 9.50. The quantitative estimate of drug-likeness (QED) is 0.834. The topological polar surface area (TPSA) is 52.7 Å². The minimum Gasteiger partial charge on any atom is -0.348 e. The van der Waals surface area contributed by atoms with Crippen LogP contribution in [0.25, 0.3) is 0 Å². The van der Waals surface area contributed by atoms with Crippen LogP contribution in [0.3, 0.4) is 0 Å². The number of amides is 2. The third-order valence-corrected chi connectivity index (χ3v) is 5.08. The van der Waals surface area contributed by atoms with Gasteiger partial charge in [-0.25, -0.2) is 4.39 Å². The first kappa shape index (κ1) is 20.0. The van der Waals surface area contributed by atoms with Crippen molar-refractivity contribution < 1.29 is 14.0 Å². The van der Waals surface area contributed by atoms with Crippen molar-refractivity contribution in [2.45, 2.75) is 25.4 Å². The second-order valence-corrected chi connectivity index (χ2v) is 7.35. The number of hydrogen-bond donors (Lipinski definition) is 1. The van der Waals surface area contributed by atoms with Crippen molar-refractivity contribution in [2.75, 3.05) is 27.2 Å². The van der Waals surface area contributed by atoms with Crippen molar-refractivity contribution in [2.24, 2.45) is 0 Å². The number of aryl methyl sites for hydroxylation is 1. The zero-order valence-corrected chi connectivity index (χ0v) is 16.5. The number of hydrogen-bond acceptors (Lipinski definition) is 3. The molecule has 2 amide bonds. The molecule has 148 valence electrons. The van der Waals surface area contributed by atoms with E-state index in [1.807, 2.05) is 56.3 Å². The molecule has 2 aromatic carbocycles. The molecule has 1 atom stereocenters. The molecule has 28 heavy (non-hydrogen) atoms. The maximum atomic E-state index is 13.6. The van der Waals surface area contributed by atoms with E-state index in [0.717, 1.165) is 11.1 Å². The Morgan fingerprint density at radius 2 is 1.86 bits per heavy atom. The summed E-state index contributed by atoms with van der Waals surface area (Å²) in [6.07, 6.45) is 0.664. The van der Waals surface area contributed by atoms with Gasteiger partial charge in [-0.15, -0.1) is 0 Å². The first-order chi connectivity index (χ1) is 13.4. The molecule has 1 saturated heterocycles. The van der Waals surface area contributed by atoms with E-state index in [0.29, 0.717) is 25.1 Å². The summed E-state index contributed by atoms with van der Waals surface area (Å²) in [5.41, 5.74) is 2.16. The number of nitrogens with zero attached hydrogens (tertiary/aromatic N) is 2. The maximum absolute atomic E-state index is 13.6. The highest BCUT2D eigenvalue weighted by atomic mass is 19.1. The van der Waals surface area contributed by atoms with Crippen LogP contribution in [0, 0.1) is 5.82 Å². The van der Waals surface area contributed by atoms with Gasteiger partial charge in [0, 0.05) is 18.7 Å². The number of benzene rings is 2. The number of nitrogens with one attached hydrogen (secondary N) is 1. The van der Waals surface area contributed by atoms with Gasteiger partial charge in [-0.3, -0.25) is 14.5 Å². The van der Waals surface area contributed by atoms with E-state index in [2.05, 4.69) is 5.32 Å². The molecule has 0 unspecified atom stereocenters. The van der Waals surface area contributed by atoms with Gasteiger partial charge in [-0.1, -0.05) is 43.3 Å². The number of rotatable bonds is 6. The lowest BCUT2D eigenvalue weighted by molar-refractivity contribution is -0.127. The summed E-state index contributed by atoms with van der Waals surface area (Å²) in [7, 11) is 3.73. The van der Waals surface area contributed by atoms with Gasteiger partial charge in [-0.05, 0) is 43.8 Å². The molecule has 0 spiro atoms. The molecule has 6 heteroatoms. The maximum Gasteiger partial charge on any atom is 0.254 e. The highest BCUT2D eigenvalue weighted by Crippen LogP contribution is 2.21. The van der Waals surface area contributed by atoms with Crippen LogP contribution in [-0.2, 0) is 11.2 Å². The third kappa shape index (κ3) is 4.22. The summed E-state index contributed by atoms with van der Waals surface area (Å²) in [5, 5.41) is 3.02. The molecule has 5 nitrogen and oxygen atoms in total. The number of halogens is 1. The minimum atomic E-state index is -0.414. The standard InChI is InChI=1S/C22H26FN3O2/c1-4-15-10-11-17(23)12-19(15)22(28)26-13-18(14-26)24-21(27)20(25(2)3)16-8-6-5-7-9-16/h5-12,18,20H,4,13-14H2,1-3H3,(H,24,27)/t20-/m1/s1. The van der Waals surface area contributed by atoms with Crippen molar-refractivity contribution in [3.63, 3.8) is 0 Å². The van der Waals surface area contributed by atoms with E-state index in [4.69, 9.17) is 0 Å². The van der Waals surface area contributed by atoms with Gasteiger partial charge in [0.25, 0.3) is 5.91 Å². The summed E-state index contributed by atoms with van der Waals surface area (Å²) in [6, 6.07) is 13.4. The SMILES string of the molecule is CCc1ccc(F)cc1C(=O)N1CC(NC(=O)[C@@H](c2ccccc2)N(C)C)C1. The normalized spacial score (nSPS) is 15.2. The second-order valence-electron chi connectivity index (χ2n) is 7.35. The first-order valence-corrected chi connectivity index (χ1v) is 9.50. The fourth-order valence-corrected chi connectivity index (χ4v) is 3.56. The zero-order valence-electron chi connectivity index (χ0n) is 16.5. The highest BCUT2D eigenvalue weighted by Gasteiger charge is 2.35. The average molecular weight is 383 g/mol. The summed E-state index contributed by atoms with van der Waals surface area (Å²) in [4.78, 5) is 29.0. The molecule has 1 fully saturated rings. The lowest BCUT2D eigenvalue weighted by Gasteiger charge is -2.40. The number of carbonyl (C=O) groups excluding carboxylic acids is 2. The molecular weight excluding hydrogens is 357 g/mol. The van der Waals surface area contributed by atoms with Crippen LogP contribution in [-0.4, -0.2) is 54.8 Å². The Labute approximate surface area is 165 Å². The van der Waals surface area contributed by atoms with Crippen molar-refractivity contribution >= 4 is 11.8 Å². The Balaban J connectivity index is 1.61. The summed E-state index contributed by atoms with van der Waals surface area (Å²) in [5.74, 6) is -0.690. The van der Waals surface area contributed by atoms with Gasteiger partial charge in [0.1, 0.15) is 11.9 Å². The summed E-state index contributed by atoms with van der Waals surface area (Å²) >= 11 is 0. The third-order valence-electron chi connectivity index (χ3n) is 5.08. The van der Waals surface area contributed by atoms with E-state index < -0.39 is 5.82 Å². The smallest absolute Gasteiger partial charge is 0.254 e. The van der Waals surface area contributed by atoms with Gasteiger partial charge < -0.3 is 10.2 Å². The molecule has 1 aliphatic heterocycles. The van der Waals surface area contributed by atoms with Crippen LogP contribution < -0.4 is 5.32 Å². The van der Waals surface area contributed by atoms with Crippen LogP contribution in [0.5, 0.6) is 0 Å². The van der Waals surface area contributed by atoms with Crippen LogP contribution in [0.1, 0.15) is 34.5 Å². The predicted octanol–water partition coefficient (Wildman–Crippen LogP) is 2.63. The molecule has 0 saturated carbocycles. The van der Waals surface area contributed by atoms with Crippen molar-refractivity contribution in [1.82, 2.24) is 15.1 Å². The number of likely N-dealkylation sites (N-methyl/N-ethyl adjacent to an activating group) is 1. The van der Waals surface area contributed by atoms with E-state index >= 15 is 0 Å². The van der Waals surface area contributed by atoms with Crippen LogP contribution in [0.2, 0.25) is 0 Å². The Hall–Kier alpha value is -2.73. The van der Waals surface area contributed by atoms with E-state index in [9.17, 15) is 14.0 Å². The van der Waals surface area contributed by atoms with Crippen LogP contribution in [0.4, 0.5) is 4.39 Å². The van der Waals surface area contributed by atoms with Gasteiger partial charge in [0.2, 0.25) is 5.91 Å². The predicted molar refractivity (Wildman–Crippen MR) is 106 cm³/mol. The Morgan fingerprint density at radius 3 is 2.46 bits per heavy atom. The van der Waals surface area contributed by atoms with Crippen molar-refractivity contribution in [3.05, 3.63) is 71.0 Å². The van der Waals surface area contributed by atoms with Gasteiger partial charge in [0.15, 0.2) is 0 Å². The molecular formula is C22H26FN3O2. The minimum absolute atomic E-state index is 0.0895. The Kier molecular flexibility index (Phi) is 6.09. The van der Waals surface area contributed by atoms with Crippen LogP contribution >= 0.6 is 0 Å². The van der Waals surface area contributed by atoms with Gasteiger partial charge >= 0.3 is 0 Å². The lowest BCUT2D eigenvalue weighted by Crippen LogP contribution is -2.62. The van der Waals surface area contributed by atoms with Crippen molar-refractivity contribution in [3.8, 4) is 0 Å². The second kappa shape index (κ2) is 8.52. The van der Waals surface area contributed by atoms with Gasteiger partial charge in [-0.2, -0.15) is 0 Å². The van der Waals surface area contributed by atoms with E-state index in [1.54, 1.807) is 11.0 Å². The van der Waals surface area contributed by atoms with Crippen LogP contribution in [0.15, 0.2) is 48.5 Å². The monoisotopic (exact) mass is 383 g/mol. The molecule has 0 bridgehead atoms. The lowest BCUT2D eigenvalue weighted by atomic mass is 10.00. The molecule has 0 aliphatic carbocycles. The molecule has 1 N–H and O–H groups in total. The summed E-state index contributed by atoms with van der Waals surface area (Å²) < 4.78 is 13.6. The number of likely N-dealkylation sites (tertiary alicyclic amines) is 1. The summed E-state index contributed by atoms with van der Waals surface area (Å²) in [6.45, 7) is 2.80. The highest BCUT2D eigenvalue weighted by molar-refractivity contribution is 5.96. The van der Waals surface area contributed by atoms with Crippen molar-refractivity contribution in [1.29, 1.82) is 0 Å². The molecule has 0 aromatic heterocycles. The molecule has 3 rings (SSSR count).